The molecule has 154 valence electrons. The maximum atomic E-state index is 13.3. The van der Waals surface area contributed by atoms with Gasteiger partial charge in [-0.25, -0.2) is 9.97 Å². The highest BCUT2D eigenvalue weighted by molar-refractivity contribution is 7.13. The molecule has 0 spiro atoms. The van der Waals surface area contributed by atoms with E-state index in [1.165, 1.54) is 11.3 Å². The number of pyridine rings is 3. The lowest BCUT2D eigenvalue weighted by Gasteiger charge is -2.11. The molecule has 32 heavy (non-hydrogen) atoms. The van der Waals surface area contributed by atoms with Crippen LogP contribution >= 0.6 is 11.3 Å². The molecule has 5 heterocycles. The standard InChI is InChI=1S/C25H16N4O2S/c1-14-4-7-21(31-14)22-17(15-5-6-20-16(11-15)3-2-8-26-20)12-18-23(30)19(13-28-24(18)29-22)25-27-9-10-32-25/h2-13H,1H3,(H,28,29,30). The summed E-state index contributed by atoms with van der Waals surface area (Å²) in [6.07, 6.45) is 5.14. The minimum atomic E-state index is -0.105. The van der Waals surface area contributed by atoms with Crippen molar-refractivity contribution in [3.05, 3.63) is 88.5 Å². The highest BCUT2D eigenvalue weighted by Gasteiger charge is 2.18. The summed E-state index contributed by atoms with van der Waals surface area (Å²) in [5.74, 6) is 1.44. The largest absolute Gasteiger partial charge is 0.460 e. The van der Waals surface area contributed by atoms with Crippen molar-refractivity contribution in [2.24, 2.45) is 0 Å². The van der Waals surface area contributed by atoms with Crippen LogP contribution in [0.2, 0.25) is 0 Å². The topological polar surface area (TPSA) is 84.7 Å². The molecule has 6 nitrogen and oxygen atoms in total. The molecule has 0 radical (unpaired) electrons. The van der Waals surface area contributed by atoms with E-state index >= 15 is 0 Å². The van der Waals surface area contributed by atoms with Crippen molar-refractivity contribution in [2.45, 2.75) is 6.92 Å². The Kier molecular flexibility index (Phi) is 4.22. The lowest BCUT2D eigenvalue weighted by atomic mass is 9.99. The molecule has 0 aliphatic rings. The fourth-order valence-corrected chi connectivity index (χ4v) is 4.53. The van der Waals surface area contributed by atoms with Gasteiger partial charge in [-0.05, 0) is 48.9 Å². The third-order valence-electron chi connectivity index (χ3n) is 5.42. The van der Waals surface area contributed by atoms with Crippen LogP contribution in [0.4, 0.5) is 0 Å². The number of aryl methyl sites for hydroxylation is 1. The fraction of sp³-hybridized carbons (Fsp3) is 0.0400. The second kappa shape index (κ2) is 7.25. The molecule has 1 N–H and O–H groups in total. The first-order valence-electron chi connectivity index (χ1n) is 10.1. The van der Waals surface area contributed by atoms with Crippen LogP contribution in [0.1, 0.15) is 5.76 Å². The monoisotopic (exact) mass is 436 g/mol. The Morgan fingerprint density at radius 2 is 1.94 bits per heavy atom. The van der Waals surface area contributed by atoms with Crippen LogP contribution in [0, 0.1) is 6.92 Å². The lowest BCUT2D eigenvalue weighted by Crippen LogP contribution is -2.08. The molecule has 0 aliphatic carbocycles. The van der Waals surface area contributed by atoms with Gasteiger partial charge in [0.15, 0.2) is 5.76 Å². The Morgan fingerprint density at radius 3 is 2.75 bits per heavy atom. The van der Waals surface area contributed by atoms with Crippen LogP contribution in [0.5, 0.6) is 0 Å². The molecular formula is C25H16N4O2S. The number of rotatable bonds is 3. The van der Waals surface area contributed by atoms with Gasteiger partial charge in [0.25, 0.3) is 0 Å². The van der Waals surface area contributed by atoms with E-state index in [2.05, 4.69) is 21.0 Å². The van der Waals surface area contributed by atoms with Crippen molar-refractivity contribution >= 4 is 33.3 Å². The number of nitrogens with zero attached hydrogens (tertiary/aromatic N) is 3. The maximum Gasteiger partial charge on any atom is 0.201 e. The van der Waals surface area contributed by atoms with E-state index in [0.29, 0.717) is 33.1 Å². The van der Waals surface area contributed by atoms with Gasteiger partial charge in [-0.3, -0.25) is 9.78 Å². The zero-order valence-corrected chi connectivity index (χ0v) is 17.8. The zero-order chi connectivity index (χ0) is 21.7. The highest BCUT2D eigenvalue weighted by atomic mass is 32.1. The highest BCUT2D eigenvalue weighted by Crippen LogP contribution is 2.35. The molecule has 0 saturated heterocycles. The van der Waals surface area contributed by atoms with E-state index in [1.807, 2.05) is 54.8 Å². The van der Waals surface area contributed by atoms with Crippen LogP contribution in [0.15, 0.2) is 81.7 Å². The van der Waals surface area contributed by atoms with E-state index in [4.69, 9.17) is 9.40 Å². The minimum absolute atomic E-state index is 0.105. The van der Waals surface area contributed by atoms with Crippen molar-refractivity contribution in [1.82, 2.24) is 19.9 Å². The molecule has 6 rings (SSSR count). The van der Waals surface area contributed by atoms with Gasteiger partial charge >= 0.3 is 0 Å². The number of fused-ring (bicyclic) bond motifs is 2. The number of benzene rings is 1. The van der Waals surface area contributed by atoms with Crippen molar-refractivity contribution in [1.29, 1.82) is 0 Å². The van der Waals surface area contributed by atoms with Gasteiger partial charge in [-0.1, -0.05) is 12.1 Å². The van der Waals surface area contributed by atoms with Crippen molar-refractivity contribution in [2.75, 3.05) is 0 Å². The van der Waals surface area contributed by atoms with Crippen LogP contribution in [0.3, 0.4) is 0 Å². The quantitative estimate of drug-likeness (QED) is 0.377. The van der Waals surface area contributed by atoms with Gasteiger partial charge in [-0.2, -0.15) is 0 Å². The number of furan rings is 1. The molecule has 0 aliphatic heterocycles. The van der Waals surface area contributed by atoms with E-state index in [0.717, 1.165) is 27.8 Å². The summed E-state index contributed by atoms with van der Waals surface area (Å²) < 4.78 is 5.91. The SMILES string of the molecule is Cc1ccc(-c2nc3[nH]cc(-c4nccs4)c(=O)c3cc2-c2ccc3ncccc3c2)o1. The predicted octanol–water partition coefficient (Wildman–Crippen LogP) is 5.83. The van der Waals surface area contributed by atoms with E-state index < -0.39 is 0 Å². The first-order chi connectivity index (χ1) is 15.7. The van der Waals surface area contributed by atoms with Gasteiger partial charge in [0, 0.05) is 34.9 Å². The molecule has 0 amide bonds. The van der Waals surface area contributed by atoms with Crippen molar-refractivity contribution in [3.8, 4) is 33.2 Å². The molecule has 0 fully saturated rings. The summed E-state index contributed by atoms with van der Waals surface area (Å²) in [5, 5.41) is 4.05. The van der Waals surface area contributed by atoms with Gasteiger partial charge < -0.3 is 9.40 Å². The number of hydrogen-bond acceptors (Lipinski definition) is 6. The first kappa shape index (κ1) is 18.7. The Balaban J connectivity index is 1.66. The summed E-state index contributed by atoms with van der Waals surface area (Å²) in [7, 11) is 0. The predicted molar refractivity (Wildman–Crippen MR) is 127 cm³/mol. The third-order valence-corrected chi connectivity index (χ3v) is 6.22. The van der Waals surface area contributed by atoms with Gasteiger partial charge in [0.2, 0.25) is 5.43 Å². The summed E-state index contributed by atoms with van der Waals surface area (Å²) in [6.45, 7) is 1.90. The van der Waals surface area contributed by atoms with E-state index in [9.17, 15) is 4.79 Å². The third kappa shape index (κ3) is 3.02. The second-order valence-corrected chi connectivity index (χ2v) is 8.37. The molecular weight excluding hydrogens is 420 g/mol. The van der Waals surface area contributed by atoms with Gasteiger partial charge in [0.1, 0.15) is 22.1 Å². The Morgan fingerprint density at radius 1 is 1.00 bits per heavy atom. The Hall–Kier alpha value is -4.10. The second-order valence-electron chi connectivity index (χ2n) is 7.47. The number of aromatic nitrogens is 4. The molecule has 5 aromatic heterocycles. The zero-order valence-electron chi connectivity index (χ0n) is 17.0. The maximum absolute atomic E-state index is 13.3. The summed E-state index contributed by atoms with van der Waals surface area (Å²) in [4.78, 5) is 30.0. The van der Waals surface area contributed by atoms with Crippen molar-refractivity contribution in [3.63, 3.8) is 0 Å². The average molecular weight is 436 g/mol. The normalized spacial score (nSPS) is 11.4. The van der Waals surface area contributed by atoms with Gasteiger partial charge in [-0.15, -0.1) is 11.3 Å². The molecule has 6 aromatic rings. The summed E-state index contributed by atoms with van der Waals surface area (Å²) in [6, 6.07) is 15.7. The number of aromatic amines is 1. The van der Waals surface area contributed by atoms with Crippen LogP contribution < -0.4 is 5.43 Å². The van der Waals surface area contributed by atoms with Crippen LogP contribution in [-0.4, -0.2) is 19.9 Å². The Bertz CT molecular complexity index is 1670. The molecule has 0 unspecified atom stereocenters. The molecule has 7 heteroatoms. The molecule has 0 atom stereocenters. The number of hydrogen-bond donors (Lipinski definition) is 1. The fourth-order valence-electron chi connectivity index (χ4n) is 3.88. The molecule has 0 saturated carbocycles. The average Bonchev–Trinajstić information content (AvgIpc) is 3.50. The number of thiazole rings is 1. The van der Waals surface area contributed by atoms with Crippen molar-refractivity contribution < 1.29 is 4.42 Å². The molecule has 1 aromatic carbocycles. The minimum Gasteiger partial charge on any atom is -0.460 e. The van der Waals surface area contributed by atoms with Crippen LogP contribution in [-0.2, 0) is 0 Å². The smallest absolute Gasteiger partial charge is 0.201 e. The molecule has 0 bridgehead atoms. The first-order valence-corrected chi connectivity index (χ1v) is 10.9. The Labute approximate surface area is 186 Å². The number of nitrogens with one attached hydrogen (secondary N) is 1. The van der Waals surface area contributed by atoms with E-state index in [1.54, 1.807) is 18.6 Å². The number of H-pyrrole nitrogens is 1. The van der Waals surface area contributed by atoms with Crippen LogP contribution in [0.25, 0.3) is 55.1 Å². The van der Waals surface area contributed by atoms with Gasteiger partial charge in [0.05, 0.1) is 16.5 Å². The summed E-state index contributed by atoms with van der Waals surface area (Å²) >= 11 is 1.43. The van der Waals surface area contributed by atoms with E-state index in [-0.39, 0.29) is 5.43 Å². The lowest BCUT2D eigenvalue weighted by molar-refractivity contribution is 0.547. The summed E-state index contributed by atoms with van der Waals surface area (Å²) in [5.41, 5.74) is 4.26.